The summed E-state index contributed by atoms with van der Waals surface area (Å²) in [6.07, 6.45) is -0.351. The van der Waals surface area contributed by atoms with Crippen molar-refractivity contribution in [3.63, 3.8) is 0 Å². The normalized spacial score (nSPS) is 13.2. The molecule has 1 atom stereocenters. The molecule has 0 spiro atoms. The van der Waals surface area contributed by atoms with Gasteiger partial charge in [-0.05, 0) is 41.5 Å². The van der Waals surface area contributed by atoms with Crippen LogP contribution in [-0.4, -0.2) is 53.7 Å². The van der Waals surface area contributed by atoms with E-state index in [0.717, 1.165) is 22.3 Å². The number of nitrogens with one attached hydrogen (secondary N) is 1. The number of rotatable bonds is 10. The molecular formula is C26H32N2O5. The number of carbonyl (C=O) groups is 3. The topological polar surface area (TPSA) is 95.9 Å². The molecule has 0 aliphatic heterocycles. The maximum atomic E-state index is 13.0. The van der Waals surface area contributed by atoms with Crippen molar-refractivity contribution in [1.82, 2.24) is 10.2 Å². The van der Waals surface area contributed by atoms with E-state index in [4.69, 9.17) is 9.84 Å². The minimum Gasteiger partial charge on any atom is -0.481 e. The van der Waals surface area contributed by atoms with Gasteiger partial charge in [0.05, 0.1) is 6.42 Å². The Bertz CT molecular complexity index is 958. The molecule has 0 saturated carbocycles. The number of benzene rings is 2. The average molecular weight is 453 g/mol. The molecule has 2 N–H and O–H groups in total. The van der Waals surface area contributed by atoms with E-state index in [1.807, 2.05) is 50.2 Å². The van der Waals surface area contributed by atoms with Crippen molar-refractivity contribution in [1.29, 1.82) is 0 Å². The number of hydrogen-bond donors (Lipinski definition) is 2. The Balaban J connectivity index is 1.67. The molecule has 7 heteroatoms. The maximum absolute atomic E-state index is 13.0. The molecule has 0 saturated heterocycles. The lowest BCUT2D eigenvalue weighted by molar-refractivity contribution is -0.139. The summed E-state index contributed by atoms with van der Waals surface area (Å²) in [5.74, 6) is -1.16. The maximum Gasteiger partial charge on any atom is 0.407 e. The fourth-order valence-electron chi connectivity index (χ4n) is 4.35. The zero-order valence-corrected chi connectivity index (χ0v) is 19.4. The molecule has 33 heavy (non-hydrogen) atoms. The van der Waals surface area contributed by atoms with E-state index in [0.29, 0.717) is 13.0 Å². The predicted molar refractivity (Wildman–Crippen MR) is 126 cm³/mol. The highest BCUT2D eigenvalue weighted by Gasteiger charge is 2.30. The molecule has 7 nitrogen and oxygen atoms in total. The van der Waals surface area contributed by atoms with Gasteiger partial charge >= 0.3 is 12.1 Å². The van der Waals surface area contributed by atoms with Gasteiger partial charge in [-0.25, -0.2) is 4.79 Å². The van der Waals surface area contributed by atoms with Gasteiger partial charge in [-0.2, -0.15) is 0 Å². The SMILES string of the molecule is CCN(CCC(=O)O)C(=O)C(CC(C)C)NC(=O)OCC1c2ccccc2-c2ccccc21. The van der Waals surface area contributed by atoms with Gasteiger partial charge in [-0.3, -0.25) is 9.59 Å². The first-order valence-corrected chi connectivity index (χ1v) is 11.4. The fourth-order valence-corrected chi connectivity index (χ4v) is 4.35. The van der Waals surface area contributed by atoms with Crippen LogP contribution in [0.3, 0.4) is 0 Å². The van der Waals surface area contributed by atoms with Crippen molar-refractivity contribution in [3.8, 4) is 11.1 Å². The summed E-state index contributed by atoms with van der Waals surface area (Å²) in [6, 6.07) is 15.4. The molecular weight excluding hydrogens is 420 g/mol. The van der Waals surface area contributed by atoms with Gasteiger partial charge in [0.25, 0.3) is 0 Å². The summed E-state index contributed by atoms with van der Waals surface area (Å²) in [5.41, 5.74) is 4.53. The van der Waals surface area contributed by atoms with Crippen molar-refractivity contribution in [2.75, 3.05) is 19.7 Å². The van der Waals surface area contributed by atoms with Crippen molar-refractivity contribution >= 4 is 18.0 Å². The number of carboxylic acids is 1. The van der Waals surface area contributed by atoms with Crippen LogP contribution in [0, 0.1) is 5.92 Å². The zero-order chi connectivity index (χ0) is 24.0. The number of amides is 2. The number of carbonyl (C=O) groups excluding carboxylic acids is 2. The number of nitrogens with zero attached hydrogens (tertiary/aromatic N) is 1. The van der Waals surface area contributed by atoms with Crippen LogP contribution in [0.15, 0.2) is 48.5 Å². The van der Waals surface area contributed by atoms with Crippen molar-refractivity contribution < 1.29 is 24.2 Å². The van der Waals surface area contributed by atoms with Gasteiger partial charge in [0, 0.05) is 19.0 Å². The summed E-state index contributed by atoms with van der Waals surface area (Å²) in [6.45, 7) is 6.36. The fraction of sp³-hybridized carbons (Fsp3) is 0.423. The third-order valence-electron chi connectivity index (χ3n) is 5.93. The van der Waals surface area contributed by atoms with E-state index >= 15 is 0 Å². The molecule has 2 aromatic carbocycles. The lowest BCUT2D eigenvalue weighted by Gasteiger charge is -2.27. The summed E-state index contributed by atoms with van der Waals surface area (Å²) >= 11 is 0. The van der Waals surface area contributed by atoms with Crippen LogP contribution in [0.1, 0.15) is 50.7 Å². The number of alkyl carbamates (subject to hydrolysis) is 1. The van der Waals surface area contributed by atoms with Crippen LogP contribution in [0.2, 0.25) is 0 Å². The molecule has 3 rings (SSSR count). The second-order valence-electron chi connectivity index (χ2n) is 8.71. The van der Waals surface area contributed by atoms with Crippen LogP contribution in [0.5, 0.6) is 0 Å². The first-order chi connectivity index (χ1) is 15.8. The van der Waals surface area contributed by atoms with Gasteiger partial charge in [0.2, 0.25) is 5.91 Å². The monoisotopic (exact) mass is 452 g/mol. The number of aliphatic carboxylic acids is 1. The first-order valence-electron chi connectivity index (χ1n) is 11.4. The van der Waals surface area contributed by atoms with Gasteiger partial charge in [-0.15, -0.1) is 0 Å². The van der Waals surface area contributed by atoms with Gasteiger partial charge in [0.1, 0.15) is 12.6 Å². The standard InChI is InChI=1S/C26H32N2O5/c1-4-28(14-13-24(29)30)25(31)23(15-17(2)3)27-26(32)33-16-22-20-11-7-5-9-18(20)19-10-6-8-12-21(19)22/h5-12,17,22-23H,4,13-16H2,1-3H3,(H,27,32)(H,29,30). The Hall–Kier alpha value is -3.35. The van der Waals surface area contributed by atoms with E-state index in [2.05, 4.69) is 17.4 Å². The molecule has 176 valence electrons. The van der Waals surface area contributed by atoms with Gasteiger partial charge < -0.3 is 20.1 Å². The highest BCUT2D eigenvalue weighted by molar-refractivity contribution is 5.86. The molecule has 1 aliphatic rings. The van der Waals surface area contributed by atoms with Crippen molar-refractivity contribution in [3.05, 3.63) is 59.7 Å². The Labute approximate surface area is 194 Å². The van der Waals surface area contributed by atoms with Gasteiger partial charge in [-0.1, -0.05) is 62.4 Å². The molecule has 0 bridgehead atoms. The summed E-state index contributed by atoms with van der Waals surface area (Å²) < 4.78 is 5.60. The van der Waals surface area contributed by atoms with Crippen molar-refractivity contribution in [2.45, 2.75) is 45.6 Å². The lowest BCUT2D eigenvalue weighted by atomic mass is 9.98. The minimum atomic E-state index is -0.967. The largest absolute Gasteiger partial charge is 0.481 e. The van der Waals surface area contributed by atoms with E-state index in [9.17, 15) is 14.4 Å². The van der Waals surface area contributed by atoms with Gasteiger partial charge in [0.15, 0.2) is 0 Å². The average Bonchev–Trinajstić information content (AvgIpc) is 3.11. The van der Waals surface area contributed by atoms with Crippen LogP contribution in [0.25, 0.3) is 11.1 Å². The quantitative estimate of drug-likeness (QED) is 0.561. The summed E-state index contributed by atoms with van der Waals surface area (Å²) in [4.78, 5) is 38.1. The molecule has 1 unspecified atom stereocenters. The second kappa shape index (κ2) is 11.0. The van der Waals surface area contributed by atoms with E-state index in [1.54, 1.807) is 6.92 Å². The Morgan fingerprint density at radius 1 is 1.03 bits per heavy atom. The molecule has 0 heterocycles. The molecule has 0 radical (unpaired) electrons. The molecule has 1 aliphatic carbocycles. The van der Waals surface area contributed by atoms with Crippen molar-refractivity contribution in [2.24, 2.45) is 5.92 Å². The van der Waals surface area contributed by atoms with E-state index < -0.39 is 18.1 Å². The summed E-state index contributed by atoms with van der Waals surface area (Å²) in [5, 5.41) is 11.7. The van der Waals surface area contributed by atoms with Crippen LogP contribution in [0.4, 0.5) is 4.79 Å². The molecule has 2 amide bonds. The summed E-state index contributed by atoms with van der Waals surface area (Å²) in [7, 11) is 0. The van der Waals surface area contributed by atoms with Crippen LogP contribution >= 0.6 is 0 Å². The van der Waals surface area contributed by atoms with Crippen LogP contribution < -0.4 is 5.32 Å². The number of carboxylic acid groups (broad SMARTS) is 1. The third-order valence-corrected chi connectivity index (χ3v) is 5.93. The third kappa shape index (κ3) is 5.92. The number of ether oxygens (including phenoxy) is 1. The molecule has 2 aromatic rings. The number of likely N-dealkylation sites (N-methyl/N-ethyl adjacent to an activating group) is 1. The zero-order valence-electron chi connectivity index (χ0n) is 19.4. The smallest absolute Gasteiger partial charge is 0.407 e. The van der Waals surface area contributed by atoms with E-state index in [-0.39, 0.29) is 37.3 Å². The lowest BCUT2D eigenvalue weighted by Crippen LogP contribution is -2.49. The number of fused-ring (bicyclic) bond motifs is 3. The highest BCUT2D eigenvalue weighted by Crippen LogP contribution is 2.44. The second-order valence-corrected chi connectivity index (χ2v) is 8.71. The minimum absolute atomic E-state index is 0.0647. The highest BCUT2D eigenvalue weighted by atomic mass is 16.5. The Kier molecular flexibility index (Phi) is 8.09. The van der Waals surface area contributed by atoms with Crippen LogP contribution in [-0.2, 0) is 14.3 Å². The Morgan fingerprint density at radius 3 is 2.12 bits per heavy atom. The Morgan fingerprint density at radius 2 is 1.61 bits per heavy atom. The first kappa shape index (κ1) is 24.3. The molecule has 0 aromatic heterocycles. The van der Waals surface area contributed by atoms with E-state index in [1.165, 1.54) is 4.90 Å². The number of hydrogen-bond acceptors (Lipinski definition) is 4. The molecule has 0 fully saturated rings. The predicted octanol–water partition coefficient (Wildman–Crippen LogP) is 4.26.